The number of hydrogen-bond acceptors (Lipinski definition) is 4. The molecule has 0 fully saturated rings. The number of nitrogens with zero attached hydrogens (tertiary/aromatic N) is 2. The van der Waals surface area contributed by atoms with Gasteiger partial charge in [0.15, 0.2) is 0 Å². The fourth-order valence-corrected chi connectivity index (χ4v) is 1.93. The van der Waals surface area contributed by atoms with E-state index in [9.17, 15) is 0 Å². The van der Waals surface area contributed by atoms with Gasteiger partial charge >= 0.3 is 0 Å². The van der Waals surface area contributed by atoms with Crippen LogP contribution in [0.3, 0.4) is 0 Å². The van der Waals surface area contributed by atoms with Crippen LogP contribution in [-0.2, 0) is 6.61 Å². The van der Waals surface area contributed by atoms with E-state index < -0.39 is 0 Å². The molecule has 0 saturated heterocycles. The second-order valence-electron chi connectivity index (χ2n) is 4.50. The lowest BCUT2D eigenvalue weighted by Crippen LogP contribution is -2.21. The fraction of sp³-hybridized carbons (Fsp3) is 0.538. The molecule has 2 unspecified atom stereocenters. The van der Waals surface area contributed by atoms with Gasteiger partial charge in [-0.3, -0.25) is 4.98 Å². The number of aliphatic hydroxyl groups is 1. The van der Waals surface area contributed by atoms with Crippen LogP contribution in [0.5, 0.6) is 5.88 Å². The van der Waals surface area contributed by atoms with Crippen LogP contribution in [0.4, 0.5) is 0 Å². The summed E-state index contributed by atoms with van der Waals surface area (Å²) in [5.41, 5.74) is 0.561. The zero-order valence-electron chi connectivity index (χ0n) is 10.0. The van der Waals surface area contributed by atoms with Crippen molar-refractivity contribution in [2.24, 2.45) is 11.8 Å². The van der Waals surface area contributed by atoms with Crippen molar-refractivity contribution in [1.29, 1.82) is 0 Å². The summed E-state index contributed by atoms with van der Waals surface area (Å²) in [4.78, 5) is 8.12. The van der Waals surface area contributed by atoms with E-state index >= 15 is 0 Å². The van der Waals surface area contributed by atoms with Crippen LogP contribution in [0.15, 0.2) is 24.5 Å². The minimum Gasteiger partial charge on any atom is -0.476 e. The van der Waals surface area contributed by atoms with Gasteiger partial charge in [-0.05, 0) is 24.7 Å². The maximum Gasteiger partial charge on any atom is 0.232 e. The Labute approximate surface area is 101 Å². The van der Waals surface area contributed by atoms with E-state index in [4.69, 9.17) is 9.84 Å². The second kappa shape index (κ2) is 5.77. The molecule has 1 aliphatic carbocycles. The predicted molar refractivity (Wildman–Crippen MR) is 64.5 cm³/mol. The summed E-state index contributed by atoms with van der Waals surface area (Å²) in [6.07, 6.45) is 9.76. The van der Waals surface area contributed by atoms with Gasteiger partial charge in [0.1, 0.15) is 0 Å². The molecule has 0 aliphatic heterocycles. The van der Waals surface area contributed by atoms with Crippen LogP contribution < -0.4 is 4.74 Å². The number of aliphatic hydroxyl groups excluding tert-OH is 1. The van der Waals surface area contributed by atoms with Gasteiger partial charge < -0.3 is 9.84 Å². The van der Waals surface area contributed by atoms with Gasteiger partial charge in [0, 0.05) is 0 Å². The molecule has 1 N–H and O–H groups in total. The summed E-state index contributed by atoms with van der Waals surface area (Å²) in [5, 5.41) is 8.85. The lowest BCUT2D eigenvalue weighted by Gasteiger charge is -2.24. The lowest BCUT2D eigenvalue weighted by molar-refractivity contribution is 0.191. The molecule has 2 atom stereocenters. The van der Waals surface area contributed by atoms with Crippen molar-refractivity contribution in [3.63, 3.8) is 0 Å². The van der Waals surface area contributed by atoms with Gasteiger partial charge in [-0.15, -0.1) is 0 Å². The molecule has 0 bridgehead atoms. The molecule has 0 saturated carbocycles. The summed E-state index contributed by atoms with van der Waals surface area (Å²) in [6.45, 7) is 2.84. The first-order chi connectivity index (χ1) is 8.29. The first-order valence-electron chi connectivity index (χ1n) is 5.99. The Hall–Kier alpha value is -1.42. The van der Waals surface area contributed by atoms with E-state index in [0.717, 1.165) is 12.8 Å². The van der Waals surface area contributed by atoms with Crippen molar-refractivity contribution < 1.29 is 9.84 Å². The molecule has 1 heterocycles. The quantitative estimate of drug-likeness (QED) is 0.809. The molecule has 17 heavy (non-hydrogen) atoms. The molecule has 0 aromatic carbocycles. The van der Waals surface area contributed by atoms with Gasteiger partial charge in [0.25, 0.3) is 0 Å². The lowest BCUT2D eigenvalue weighted by atomic mass is 9.85. The first-order valence-corrected chi connectivity index (χ1v) is 5.99. The van der Waals surface area contributed by atoms with Crippen molar-refractivity contribution in [2.45, 2.75) is 26.4 Å². The highest BCUT2D eigenvalue weighted by atomic mass is 16.5. The summed E-state index contributed by atoms with van der Waals surface area (Å²) >= 11 is 0. The average molecular weight is 234 g/mol. The van der Waals surface area contributed by atoms with Crippen LogP contribution in [0.25, 0.3) is 0 Å². The SMILES string of the molecule is CC1CC=CCC1COc1cnc(CO)cn1. The Morgan fingerprint density at radius 1 is 1.29 bits per heavy atom. The Kier molecular flexibility index (Phi) is 4.09. The summed E-state index contributed by atoms with van der Waals surface area (Å²) in [5.74, 6) is 1.74. The maximum atomic E-state index is 8.85. The fourth-order valence-electron chi connectivity index (χ4n) is 1.93. The van der Waals surface area contributed by atoms with Gasteiger partial charge in [-0.1, -0.05) is 19.1 Å². The van der Waals surface area contributed by atoms with Crippen molar-refractivity contribution in [3.05, 3.63) is 30.2 Å². The van der Waals surface area contributed by atoms with E-state index in [1.54, 1.807) is 12.4 Å². The molecular formula is C13H18N2O2. The minimum absolute atomic E-state index is 0.0856. The summed E-state index contributed by atoms with van der Waals surface area (Å²) < 4.78 is 5.63. The zero-order valence-corrected chi connectivity index (χ0v) is 10.0. The molecule has 0 radical (unpaired) electrons. The average Bonchev–Trinajstić information content (AvgIpc) is 2.38. The number of ether oxygens (including phenoxy) is 1. The van der Waals surface area contributed by atoms with Crippen LogP contribution in [0, 0.1) is 11.8 Å². The topological polar surface area (TPSA) is 55.2 Å². The largest absolute Gasteiger partial charge is 0.476 e. The number of allylic oxidation sites excluding steroid dienone is 2. The van der Waals surface area contributed by atoms with Crippen LogP contribution in [-0.4, -0.2) is 21.7 Å². The Morgan fingerprint density at radius 3 is 2.76 bits per heavy atom. The minimum atomic E-state index is -0.0856. The monoisotopic (exact) mass is 234 g/mol. The molecule has 0 amide bonds. The Balaban J connectivity index is 1.86. The number of rotatable bonds is 4. The maximum absolute atomic E-state index is 8.85. The smallest absolute Gasteiger partial charge is 0.232 e. The van der Waals surface area contributed by atoms with E-state index in [1.807, 2.05) is 0 Å². The van der Waals surface area contributed by atoms with Gasteiger partial charge in [-0.25, -0.2) is 4.98 Å². The third kappa shape index (κ3) is 3.27. The molecule has 1 aromatic heterocycles. The van der Waals surface area contributed by atoms with E-state index in [2.05, 4.69) is 29.0 Å². The van der Waals surface area contributed by atoms with E-state index in [1.165, 1.54) is 0 Å². The summed E-state index contributed by atoms with van der Waals surface area (Å²) in [6, 6.07) is 0. The summed E-state index contributed by atoms with van der Waals surface area (Å²) in [7, 11) is 0. The molecule has 1 aliphatic rings. The standard InChI is InChI=1S/C13H18N2O2/c1-10-4-2-3-5-11(10)9-17-13-7-14-12(8-16)6-15-13/h2-3,6-7,10-11,16H,4-5,8-9H2,1H3. The number of hydrogen-bond donors (Lipinski definition) is 1. The van der Waals surface area contributed by atoms with Crippen LogP contribution in [0.1, 0.15) is 25.5 Å². The molecular weight excluding hydrogens is 216 g/mol. The molecule has 92 valence electrons. The van der Waals surface area contributed by atoms with Crippen molar-refractivity contribution in [1.82, 2.24) is 9.97 Å². The predicted octanol–water partition coefficient (Wildman–Crippen LogP) is 1.95. The van der Waals surface area contributed by atoms with Crippen LogP contribution in [0.2, 0.25) is 0 Å². The normalized spacial score (nSPS) is 23.6. The molecule has 1 aromatic rings. The first kappa shape index (κ1) is 12.0. The molecule has 2 rings (SSSR count). The van der Waals surface area contributed by atoms with Crippen LogP contribution >= 0.6 is 0 Å². The third-order valence-electron chi connectivity index (χ3n) is 3.21. The Morgan fingerprint density at radius 2 is 2.12 bits per heavy atom. The highest BCUT2D eigenvalue weighted by molar-refractivity contribution is 5.06. The van der Waals surface area contributed by atoms with E-state index in [-0.39, 0.29) is 6.61 Å². The van der Waals surface area contributed by atoms with Crippen molar-refractivity contribution in [3.8, 4) is 5.88 Å². The second-order valence-corrected chi connectivity index (χ2v) is 4.50. The van der Waals surface area contributed by atoms with Gasteiger partial charge in [0.05, 0.1) is 31.3 Å². The molecule has 4 nitrogen and oxygen atoms in total. The zero-order chi connectivity index (χ0) is 12.1. The molecule has 0 spiro atoms. The third-order valence-corrected chi connectivity index (χ3v) is 3.21. The van der Waals surface area contributed by atoms with Crippen molar-refractivity contribution in [2.75, 3.05) is 6.61 Å². The number of aromatic nitrogens is 2. The molecule has 4 heteroatoms. The highest BCUT2D eigenvalue weighted by Crippen LogP contribution is 2.25. The van der Waals surface area contributed by atoms with Crippen molar-refractivity contribution >= 4 is 0 Å². The van der Waals surface area contributed by atoms with Gasteiger partial charge in [0.2, 0.25) is 5.88 Å². The Bertz CT molecular complexity index is 376. The van der Waals surface area contributed by atoms with Gasteiger partial charge in [-0.2, -0.15) is 0 Å². The highest BCUT2D eigenvalue weighted by Gasteiger charge is 2.18. The van der Waals surface area contributed by atoms with E-state index in [0.29, 0.717) is 30.0 Å².